The zero-order valence-electron chi connectivity index (χ0n) is 8.41. The Morgan fingerprint density at radius 1 is 1.50 bits per heavy atom. The van der Waals surface area contributed by atoms with Gasteiger partial charge in [0.2, 0.25) is 0 Å². The molecule has 0 fully saturated rings. The summed E-state index contributed by atoms with van der Waals surface area (Å²) in [6, 6.07) is 5.26. The summed E-state index contributed by atoms with van der Waals surface area (Å²) < 4.78 is 5.20. The molecule has 14 heavy (non-hydrogen) atoms. The molecule has 0 atom stereocenters. The van der Waals surface area contributed by atoms with Crippen LogP contribution in [0, 0.1) is 6.92 Å². The molecule has 3 heteroatoms. The summed E-state index contributed by atoms with van der Waals surface area (Å²) in [5.74, 6) is 0.286. The number of ether oxygens (including phenoxy) is 1. The number of aryl methyl sites for hydroxylation is 1. The van der Waals surface area contributed by atoms with Crippen LogP contribution in [0.5, 0.6) is 5.75 Å². The lowest BCUT2D eigenvalue weighted by molar-refractivity contribution is 0.329. The van der Waals surface area contributed by atoms with Crippen molar-refractivity contribution in [3.8, 4) is 5.75 Å². The van der Waals surface area contributed by atoms with E-state index in [2.05, 4.69) is 0 Å². The summed E-state index contributed by atoms with van der Waals surface area (Å²) in [4.78, 5) is 0. The summed E-state index contributed by atoms with van der Waals surface area (Å²) in [5, 5.41) is 9.81. The first kappa shape index (κ1) is 11.0. The van der Waals surface area contributed by atoms with Crippen LogP contribution in [0.3, 0.4) is 0 Å². The minimum atomic E-state index is 0.286. The molecule has 0 heterocycles. The predicted octanol–water partition coefficient (Wildman–Crippen LogP) is 2.61. The number of phenolic OH excluding ortho intramolecular Hbond substituents is 1. The van der Waals surface area contributed by atoms with Gasteiger partial charge >= 0.3 is 0 Å². The Morgan fingerprint density at radius 2 is 2.21 bits per heavy atom. The van der Waals surface area contributed by atoms with Crippen LogP contribution in [-0.4, -0.2) is 16.8 Å². The van der Waals surface area contributed by atoms with Gasteiger partial charge < -0.3 is 9.84 Å². The monoisotopic (exact) mass is 210 g/mol. The van der Waals surface area contributed by atoms with Crippen molar-refractivity contribution in [1.29, 1.82) is 0 Å². The second kappa shape index (κ2) is 4.96. The van der Waals surface area contributed by atoms with Gasteiger partial charge in [0.05, 0.1) is 6.61 Å². The van der Waals surface area contributed by atoms with Crippen molar-refractivity contribution < 1.29 is 9.84 Å². The Morgan fingerprint density at radius 3 is 2.79 bits per heavy atom. The minimum absolute atomic E-state index is 0.286. The van der Waals surface area contributed by atoms with Gasteiger partial charge in [-0.3, -0.25) is 0 Å². The van der Waals surface area contributed by atoms with Gasteiger partial charge in [-0.2, -0.15) is 0 Å². The number of rotatable bonds is 3. The highest BCUT2D eigenvalue weighted by Crippen LogP contribution is 2.16. The SMILES string of the molecule is CCOC(=S)Cc1ccc(O)cc1C. The van der Waals surface area contributed by atoms with Crippen molar-refractivity contribution in [1.82, 2.24) is 0 Å². The van der Waals surface area contributed by atoms with Crippen molar-refractivity contribution in [3.63, 3.8) is 0 Å². The molecule has 1 aromatic carbocycles. The lowest BCUT2D eigenvalue weighted by Gasteiger charge is -2.07. The predicted molar refractivity (Wildman–Crippen MR) is 60.8 cm³/mol. The van der Waals surface area contributed by atoms with Crippen molar-refractivity contribution >= 4 is 17.3 Å². The van der Waals surface area contributed by atoms with Crippen molar-refractivity contribution in [2.45, 2.75) is 20.3 Å². The Balaban J connectivity index is 2.72. The molecular weight excluding hydrogens is 196 g/mol. The van der Waals surface area contributed by atoms with Gasteiger partial charge in [0.1, 0.15) is 5.75 Å². The van der Waals surface area contributed by atoms with E-state index in [0.29, 0.717) is 18.1 Å². The van der Waals surface area contributed by atoms with Crippen LogP contribution in [-0.2, 0) is 11.2 Å². The molecule has 0 aliphatic rings. The Labute approximate surface area is 89.5 Å². The number of benzene rings is 1. The van der Waals surface area contributed by atoms with E-state index in [4.69, 9.17) is 17.0 Å². The highest BCUT2D eigenvalue weighted by molar-refractivity contribution is 7.80. The maximum atomic E-state index is 9.21. The molecule has 1 aromatic rings. The van der Waals surface area contributed by atoms with E-state index in [1.165, 1.54) is 0 Å². The quantitative estimate of drug-likeness (QED) is 0.778. The molecule has 76 valence electrons. The first-order valence-corrected chi connectivity index (χ1v) is 4.98. The molecule has 0 aliphatic heterocycles. The van der Waals surface area contributed by atoms with E-state index >= 15 is 0 Å². The second-order valence-corrected chi connectivity index (χ2v) is 3.55. The Bertz CT molecular complexity index is 334. The molecule has 1 N–H and O–H groups in total. The summed E-state index contributed by atoms with van der Waals surface area (Å²) in [7, 11) is 0. The largest absolute Gasteiger partial charge is 0.508 e. The molecule has 0 aliphatic carbocycles. The third-order valence-electron chi connectivity index (χ3n) is 1.97. The van der Waals surface area contributed by atoms with Crippen molar-refractivity contribution in [2.24, 2.45) is 0 Å². The average Bonchev–Trinajstić information content (AvgIpc) is 2.10. The van der Waals surface area contributed by atoms with Crippen LogP contribution in [0.1, 0.15) is 18.1 Å². The Kier molecular flexibility index (Phi) is 3.89. The fourth-order valence-electron chi connectivity index (χ4n) is 1.25. The first-order valence-electron chi connectivity index (χ1n) is 4.57. The highest BCUT2D eigenvalue weighted by Gasteiger charge is 2.03. The van der Waals surface area contributed by atoms with Gasteiger partial charge in [0.15, 0.2) is 5.05 Å². The summed E-state index contributed by atoms with van der Waals surface area (Å²) in [5.41, 5.74) is 2.13. The average molecular weight is 210 g/mol. The molecule has 0 saturated heterocycles. The van der Waals surface area contributed by atoms with Gasteiger partial charge in [0.25, 0.3) is 0 Å². The number of thiocarbonyl (C=S) groups is 1. The number of aromatic hydroxyl groups is 1. The highest BCUT2D eigenvalue weighted by atomic mass is 32.1. The molecule has 1 rings (SSSR count). The molecule has 0 amide bonds. The molecule has 0 bridgehead atoms. The van der Waals surface area contributed by atoms with Crippen LogP contribution in [0.2, 0.25) is 0 Å². The fraction of sp³-hybridized carbons (Fsp3) is 0.364. The maximum absolute atomic E-state index is 9.21. The van der Waals surface area contributed by atoms with Gasteiger partial charge in [-0.25, -0.2) is 0 Å². The molecule has 0 radical (unpaired) electrons. The molecule has 0 unspecified atom stereocenters. The van der Waals surface area contributed by atoms with Gasteiger partial charge in [-0.05, 0) is 49.3 Å². The van der Waals surface area contributed by atoms with E-state index in [9.17, 15) is 5.11 Å². The third kappa shape index (κ3) is 3.00. The molecule has 0 saturated carbocycles. The van der Waals surface area contributed by atoms with Crippen LogP contribution < -0.4 is 0 Å². The molecule has 2 nitrogen and oxygen atoms in total. The van der Waals surface area contributed by atoms with E-state index in [1.807, 2.05) is 19.9 Å². The zero-order chi connectivity index (χ0) is 10.6. The summed E-state index contributed by atoms with van der Waals surface area (Å²) >= 11 is 5.04. The van der Waals surface area contributed by atoms with Gasteiger partial charge in [0, 0.05) is 6.42 Å². The smallest absolute Gasteiger partial charge is 0.164 e. The third-order valence-corrected chi connectivity index (χ3v) is 2.23. The molecule has 0 spiro atoms. The van der Waals surface area contributed by atoms with E-state index in [-0.39, 0.29) is 5.75 Å². The van der Waals surface area contributed by atoms with Gasteiger partial charge in [-0.1, -0.05) is 6.07 Å². The first-order chi connectivity index (χ1) is 6.63. The zero-order valence-corrected chi connectivity index (χ0v) is 9.23. The van der Waals surface area contributed by atoms with E-state index < -0.39 is 0 Å². The van der Waals surface area contributed by atoms with Gasteiger partial charge in [-0.15, -0.1) is 0 Å². The number of hydrogen-bond donors (Lipinski definition) is 1. The summed E-state index contributed by atoms with van der Waals surface area (Å²) in [6.45, 7) is 4.47. The molecule has 0 aromatic heterocycles. The number of phenols is 1. The van der Waals surface area contributed by atoms with Crippen LogP contribution >= 0.6 is 12.2 Å². The fourth-order valence-corrected chi connectivity index (χ4v) is 1.52. The van der Waals surface area contributed by atoms with E-state index in [0.717, 1.165) is 11.1 Å². The molecular formula is C11H14O2S. The lowest BCUT2D eigenvalue weighted by atomic mass is 10.1. The van der Waals surface area contributed by atoms with Crippen LogP contribution in [0.25, 0.3) is 0 Å². The van der Waals surface area contributed by atoms with Crippen molar-refractivity contribution in [2.75, 3.05) is 6.61 Å². The van der Waals surface area contributed by atoms with Crippen molar-refractivity contribution in [3.05, 3.63) is 29.3 Å². The standard InChI is InChI=1S/C11H14O2S/c1-3-13-11(14)7-9-4-5-10(12)6-8(9)2/h4-6,12H,3,7H2,1-2H3. The topological polar surface area (TPSA) is 29.5 Å². The second-order valence-electron chi connectivity index (χ2n) is 3.09. The maximum Gasteiger partial charge on any atom is 0.164 e. The minimum Gasteiger partial charge on any atom is -0.508 e. The lowest BCUT2D eigenvalue weighted by Crippen LogP contribution is -2.05. The normalized spacial score (nSPS) is 9.86. The van der Waals surface area contributed by atoms with Crippen LogP contribution in [0.15, 0.2) is 18.2 Å². The van der Waals surface area contributed by atoms with E-state index in [1.54, 1.807) is 12.1 Å². The number of hydrogen-bond acceptors (Lipinski definition) is 3. The summed E-state index contributed by atoms with van der Waals surface area (Å²) in [6.07, 6.45) is 0.634. The Hall–Kier alpha value is -1.09. The van der Waals surface area contributed by atoms with Crippen LogP contribution in [0.4, 0.5) is 0 Å².